The van der Waals surface area contributed by atoms with Crippen LogP contribution in [0, 0.1) is 0 Å². The summed E-state index contributed by atoms with van der Waals surface area (Å²) >= 11 is 0. The number of hydrogen-bond acceptors (Lipinski definition) is 4. The van der Waals surface area contributed by atoms with Gasteiger partial charge in [0.2, 0.25) is 0 Å². The van der Waals surface area contributed by atoms with Gasteiger partial charge in [-0.25, -0.2) is 0 Å². The highest BCUT2D eigenvalue weighted by Crippen LogP contribution is 2.31. The van der Waals surface area contributed by atoms with Crippen LogP contribution in [0.3, 0.4) is 0 Å². The number of carboxylic acid groups (broad SMARTS) is 1. The Morgan fingerprint density at radius 1 is 1.55 bits per heavy atom. The Morgan fingerprint density at radius 2 is 2.30 bits per heavy atom. The van der Waals surface area contributed by atoms with E-state index in [-0.39, 0.29) is 18.5 Å². The quantitative estimate of drug-likeness (QED) is 0.892. The Bertz CT molecular complexity index is 463. The number of hydrogen-bond donors (Lipinski definition) is 1. The molecule has 110 valence electrons. The monoisotopic (exact) mass is 279 g/mol. The number of morpholine rings is 1. The molecule has 0 amide bonds. The molecule has 0 spiro atoms. The van der Waals surface area contributed by atoms with Crippen LogP contribution in [0.15, 0.2) is 24.3 Å². The molecule has 0 saturated carbocycles. The van der Waals surface area contributed by atoms with Crippen molar-refractivity contribution < 1.29 is 19.4 Å². The Balaban J connectivity index is 2.20. The van der Waals surface area contributed by atoms with Crippen molar-refractivity contribution in [3.8, 4) is 5.75 Å². The first kappa shape index (κ1) is 14.8. The van der Waals surface area contributed by atoms with Gasteiger partial charge in [-0.1, -0.05) is 18.2 Å². The van der Waals surface area contributed by atoms with E-state index < -0.39 is 5.97 Å². The fraction of sp³-hybridized carbons (Fsp3) is 0.533. The van der Waals surface area contributed by atoms with E-state index in [4.69, 9.17) is 14.6 Å². The van der Waals surface area contributed by atoms with Crippen LogP contribution < -0.4 is 4.74 Å². The van der Waals surface area contributed by atoms with E-state index in [1.807, 2.05) is 24.3 Å². The largest absolute Gasteiger partial charge is 0.496 e. The molecule has 1 aromatic carbocycles. The first-order chi connectivity index (χ1) is 9.63. The average Bonchev–Trinajstić information content (AvgIpc) is 2.46. The lowest BCUT2D eigenvalue weighted by molar-refractivity contribution is -0.140. The highest BCUT2D eigenvalue weighted by Gasteiger charge is 2.30. The van der Waals surface area contributed by atoms with Gasteiger partial charge in [0.05, 0.1) is 26.7 Å². The number of aliphatic carboxylic acids is 1. The Kier molecular flexibility index (Phi) is 4.98. The molecule has 1 aliphatic rings. The normalized spacial score (nSPS) is 21.4. The molecule has 5 heteroatoms. The molecule has 2 atom stereocenters. The predicted molar refractivity (Wildman–Crippen MR) is 75.0 cm³/mol. The van der Waals surface area contributed by atoms with Crippen molar-refractivity contribution in [2.45, 2.75) is 25.4 Å². The van der Waals surface area contributed by atoms with E-state index in [2.05, 4.69) is 11.8 Å². The van der Waals surface area contributed by atoms with Crippen molar-refractivity contribution >= 4 is 5.97 Å². The summed E-state index contributed by atoms with van der Waals surface area (Å²) in [4.78, 5) is 13.2. The van der Waals surface area contributed by atoms with Gasteiger partial charge in [-0.2, -0.15) is 0 Å². The zero-order valence-electron chi connectivity index (χ0n) is 11.9. The second-order valence-electron chi connectivity index (χ2n) is 4.98. The summed E-state index contributed by atoms with van der Waals surface area (Å²) < 4.78 is 10.8. The second kappa shape index (κ2) is 6.72. The lowest BCUT2D eigenvalue weighted by atomic mass is 10.0. The molecule has 0 radical (unpaired) electrons. The maximum atomic E-state index is 11.0. The number of rotatable bonds is 5. The number of carboxylic acids is 1. The van der Waals surface area contributed by atoms with Crippen molar-refractivity contribution in [3.63, 3.8) is 0 Å². The third-order valence-corrected chi connectivity index (χ3v) is 3.77. The number of methoxy groups -OCH3 is 1. The van der Waals surface area contributed by atoms with Crippen LogP contribution in [0.25, 0.3) is 0 Å². The van der Waals surface area contributed by atoms with E-state index in [0.29, 0.717) is 13.2 Å². The SMILES string of the molecule is COc1ccccc1C(C)N1CCOCC1CC(=O)O. The maximum absolute atomic E-state index is 11.0. The lowest BCUT2D eigenvalue weighted by Crippen LogP contribution is -2.47. The second-order valence-corrected chi connectivity index (χ2v) is 4.98. The van der Waals surface area contributed by atoms with Crippen LogP contribution in [-0.4, -0.2) is 48.9 Å². The highest BCUT2D eigenvalue weighted by atomic mass is 16.5. The van der Waals surface area contributed by atoms with Gasteiger partial charge in [-0.3, -0.25) is 9.69 Å². The fourth-order valence-electron chi connectivity index (χ4n) is 2.75. The van der Waals surface area contributed by atoms with Gasteiger partial charge in [0, 0.05) is 24.2 Å². The van der Waals surface area contributed by atoms with Crippen molar-refractivity contribution in [1.82, 2.24) is 4.90 Å². The molecule has 2 rings (SSSR count). The molecule has 1 N–H and O–H groups in total. The minimum absolute atomic E-state index is 0.0961. The molecule has 1 aromatic rings. The molecule has 0 aliphatic carbocycles. The fourth-order valence-corrected chi connectivity index (χ4v) is 2.75. The van der Waals surface area contributed by atoms with Crippen molar-refractivity contribution in [3.05, 3.63) is 29.8 Å². The summed E-state index contributed by atoms with van der Waals surface area (Å²) in [5, 5.41) is 9.03. The molecular weight excluding hydrogens is 258 g/mol. The summed E-state index contributed by atoms with van der Waals surface area (Å²) in [7, 11) is 1.65. The minimum Gasteiger partial charge on any atom is -0.496 e. The molecule has 1 heterocycles. The van der Waals surface area contributed by atoms with Crippen molar-refractivity contribution in [2.24, 2.45) is 0 Å². The van der Waals surface area contributed by atoms with Crippen LogP contribution in [0.5, 0.6) is 5.75 Å². The highest BCUT2D eigenvalue weighted by molar-refractivity contribution is 5.67. The molecule has 1 fully saturated rings. The van der Waals surface area contributed by atoms with E-state index in [1.165, 1.54) is 0 Å². The number of nitrogens with zero attached hydrogens (tertiary/aromatic N) is 1. The van der Waals surface area contributed by atoms with Gasteiger partial charge in [0.1, 0.15) is 5.75 Å². The maximum Gasteiger partial charge on any atom is 0.305 e. The first-order valence-corrected chi connectivity index (χ1v) is 6.81. The summed E-state index contributed by atoms with van der Waals surface area (Å²) in [6, 6.07) is 7.86. The van der Waals surface area contributed by atoms with Gasteiger partial charge in [0.25, 0.3) is 0 Å². The van der Waals surface area contributed by atoms with Gasteiger partial charge < -0.3 is 14.6 Å². The average molecular weight is 279 g/mol. The zero-order valence-corrected chi connectivity index (χ0v) is 11.9. The van der Waals surface area contributed by atoms with E-state index in [0.717, 1.165) is 17.9 Å². The van der Waals surface area contributed by atoms with Crippen molar-refractivity contribution in [2.75, 3.05) is 26.9 Å². The van der Waals surface area contributed by atoms with E-state index in [1.54, 1.807) is 7.11 Å². The summed E-state index contributed by atoms with van der Waals surface area (Å²) in [6.45, 7) is 3.91. The molecule has 20 heavy (non-hydrogen) atoms. The predicted octanol–water partition coefficient (Wildman–Crippen LogP) is 1.93. The number of para-hydroxylation sites is 1. The number of carbonyl (C=O) groups is 1. The zero-order chi connectivity index (χ0) is 14.5. The molecule has 0 bridgehead atoms. The van der Waals surface area contributed by atoms with Gasteiger partial charge in [-0.05, 0) is 13.0 Å². The first-order valence-electron chi connectivity index (χ1n) is 6.81. The molecule has 2 unspecified atom stereocenters. The van der Waals surface area contributed by atoms with Gasteiger partial charge in [-0.15, -0.1) is 0 Å². The Hall–Kier alpha value is -1.59. The van der Waals surface area contributed by atoms with E-state index in [9.17, 15) is 4.79 Å². The molecular formula is C15H21NO4. The lowest BCUT2D eigenvalue weighted by Gasteiger charge is -2.39. The summed E-state index contributed by atoms with van der Waals surface area (Å²) in [5.74, 6) is 0.0401. The van der Waals surface area contributed by atoms with Gasteiger partial charge >= 0.3 is 5.97 Å². The topological polar surface area (TPSA) is 59.0 Å². The van der Waals surface area contributed by atoms with Crippen molar-refractivity contribution in [1.29, 1.82) is 0 Å². The van der Waals surface area contributed by atoms with Crippen LogP contribution in [0.2, 0.25) is 0 Å². The third kappa shape index (κ3) is 3.29. The molecule has 1 aliphatic heterocycles. The molecule has 1 saturated heterocycles. The number of ether oxygens (including phenoxy) is 2. The number of benzene rings is 1. The summed E-state index contributed by atoms with van der Waals surface area (Å²) in [5.41, 5.74) is 1.08. The third-order valence-electron chi connectivity index (χ3n) is 3.77. The Morgan fingerprint density at radius 3 is 3.00 bits per heavy atom. The Labute approximate surface area is 119 Å². The minimum atomic E-state index is -0.794. The standard InChI is InChI=1S/C15H21NO4/c1-11(13-5-3-4-6-14(13)19-2)16-7-8-20-10-12(16)9-15(17)18/h3-6,11-12H,7-10H2,1-2H3,(H,17,18). The van der Waals surface area contributed by atoms with Crippen LogP contribution in [0.4, 0.5) is 0 Å². The summed E-state index contributed by atoms with van der Waals surface area (Å²) in [6.07, 6.45) is 0.0967. The smallest absolute Gasteiger partial charge is 0.305 e. The van der Waals surface area contributed by atoms with Crippen LogP contribution in [-0.2, 0) is 9.53 Å². The van der Waals surface area contributed by atoms with Gasteiger partial charge in [0.15, 0.2) is 0 Å². The molecule has 0 aromatic heterocycles. The van der Waals surface area contributed by atoms with Crippen LogP contribution >= 0.6 is 0 Å². The molecule has 5 nitrogen and oxygen atoms in total. The van der Waals surface area contributed by atoms with Crippen LogP contribution in [0.1, 0.15) is 24.9 Å². The van der Waals surface area contributed by atoms with E-state index >= 15 is 0 Å².